The van der Waals surface area contributed by atoms with E-state index in [2.05, 4.69) is 10.0 Å². The van der Waals surface area contributed by atoms with Crippen molar-refractivity contribution >= 4 is 27.6 Å². The summed E-state index contributed by atoms with van der Waals surface area (Å²) >= 11 is 0. The third-order valence-electron chi connectivity index (χ3n) is 3.39. The lowest BCUT2D eigenvalue weighted by Crippen LogP contribution is -2.19. The van der Waals surface area contributed by atoms with Crippen LogP contribution in [0.4, 0.5) is 5.69 Å². The maximum Gasteiger partial charge on any atom is 0.337 e. The van der Waals surface area contributed by atoms with Crippen LogP contribution < -0.4 is 10.0 Å². The number of nitrogens with one attached hydrogen (secondary N) is 2. The summed E-state index contributed by atoms with van der Waals surface area (Å²) in [7, 11) is -2.51. The van der Waals surface area contributed by atoms with Crippen LogP contribution in [0.5, 0.6) is 0 Å². The monoisotopic (exact) mass is 348 g/mol. The molecule has 8 heteroatoms. The molecule has 0 aliphatic heterocycles. The average Bonchev–Trinajstić information content (AvgIpc) is 2.55. The Bertz CT molecular complexity index is 889. The number of aryl methyl sites for hydroxylation is 1. The Morgan fingerprint density at radius 3 is 2.21 bits per heavy atom. The lowest BCUT2D eigenvalue weighted by molar-refractivity contribution is 0.0697. The molecule has 0 aromatic heterocycles. The fourth-order valence-corrected chi connectivity index (χ4v) is 3.26. The van der Waals surface area contributed by atoms with Gasteiger partial charge in [-0.25, -0.2) is 13.2 Å². The van der Waals surface area contributed by atoms with Crippen molar-refractivity contribution in [2.24, 2.45) is 0 Å². The molecule has 2 aromatic rings. The van der Waals surface area contributed by atoms with Gasteiger partial charge in [-0.2, -0.15) is 0 Å². The fraction of sp³-hybridized carbons (Fsp3) is 0.125. The molecule has 0 bridgehead atoms. The van der Waals surface area contributed by atoms with Gasteiger partial charge in [-0.3, -0.25) is 9.52 Å². The first kappa shape index (κ1) is 17.5. The van der Waals surface area contributed by atoms with Gasteiger partial charge in [0.25, 0.3) is 15.9 Å². The first-order valence-corrected chi connectivity index (χ1v) is 8.42. The van der Waals surface area contributed by atoms with E-state index in [0.717, 1.165) is 0 Å². The smallest absolute Gasteiger partial charge is 0.337 e. The number of carboxylic acids is 1. The standard InChI is InChI=1S/C16H16N2O5S/c1-10-4-3-5-13(16(20)21)14(10)18-24(22,23)12-8-6-11(7-9-12)15(19)17-2/h3-9,18H,1-2H3,(H,17,19)(H,20,21). The Kier molecular flexibility index (Phi) is 4.89. The number of amides is 1. The number of aromatic carboxylic acids is 1. The Labute approximate surface area is 139 Å². The van der Waals surface area contributed by atoms with Crippen molar-refractivity contribution in [3.05, 3.63) is 59.2 Å². The molecule has 0 saturated heterocycles. The molecule has 3 N–H and O–H groups in total. The van der Waals surface area contributed by atoms with E-state index in [4.69, 9.17) is 0 Å². The summed E-state index contributed by atoms with van der Waals surface area (Å²) in [5.41, 5.74) is 0.681. The second-order valence-corrected chi connectivity index (χ2v) is 6.69. The normalized spacial score (nSPS) is 10.9. The number of hydrogen-bond donors (Lipinski definition) is 3. The molecule has 0 aliphatic carbocycles. The zero-order valence-electron chi connectivity index (χ0n) is 13.0. The Morgan fingerprint density at radius 1 is 1.04 bits per heavy atom. The van der Waals surface area contributed by atoms with Gasteiger partial charge in [0.15, 0.2) is 0 Å². The van der Waals surface area contributed by atoms with Gasteiger partial charge in [-0.1, -0.05) is 12.1 Å². The number of hydrogen-bond acceptors (Lipinski definition) is 4. The molecule has 0 fully saturated rings. The summed E-state index contributed by atoms with van der Waals surface area (Å²) in [5, 5.41) is 11.6. The Morgan fingerprint density at radius 2 is 1.67 bits per heavy atom. The van der Waals surface area contributed by atoms with Crippen LogP contribution in [-0.2, 0) is 10.0 Å². The van der Waals surface area contributed by atoms with E-state index >= 15 is 0 Å². The molecule has 7 nitrogen and oxygen atoms in total. The molecule has 2 rings (SSSR count). The Hall–Kier alpha value is -2.87. The van der Waals surface area contributed by atoms with E-state index in [9.17, 15) is 23.1 Å². The molecule has 0 heterocycles. The number of carboxylic acid groups (broad SMARTS) is 1. The van der Waals surface area contributed by atoms with Crippen LogP contribution in [0, 0.1) is 6.92 Å². The first-order chi connectivity index (χ1) is 11.3. The number of carbonyl (C=O) groups is 2. The van der Waals surface area contributed by atoms with E-state index in [1.165, 1.54) is 43.4 Å². The summed E-state index contributed by atoms with van der Waals surface area (Å²) < 4.78 is 27.3. The number of benzene rings is 2. The number of rotatable bonds is 5. The minimum atomic E-state index is -3.99. The van der Waals surface area contributed by atoms with Crippen LogP contribution in [0.2, 0.25) is 0 Å². The molecule has 0 aliphatic rings. The zero-order chi connectivity index (χ0) is 17.9. The van der Waals surface area contributed by atoms with Gasteiger partial charge in [0.1, 0.15) is 0 Å². The minimum absolute atomic E-state index is 0.0142. The van der Waals surface area contributed by atoms with Crippen molar-refractivity contribution in [1.82, 2.24) is 5.32 Å². The van der Waals surface area contributed by atoms with Crippen LogP contribution >= 0.6 is 0 Å². The highest BCUT2D eigenvalue weighted by Crippen LogP contribution is 2.24. The van der Waals surface area contributed by atoms with E-state index in [1.54, 1.807) is 13.0 Å². The van der Waals surface area contributed by atoms with Crippen LogP contribution in [0.25, 0.3) is 0 Å². The van der Waals surface area contributed by atoms with Crippen molar-refractivity contribution in [3.8, 4) is 0 Å². The van der Waals surface area contributed by atoms with Crippen molar-refractivity contribution in [2.45, 2.75) is 11.8 Å². The minimum Gasteiger partial charge on any atom is -0.478 e. The lowest BCUT2D eigenvalue weighted by Gasteiger charge is -2.13. The number of anilines is 1. The van der Waals surface area contributed by atoms with Crippen LogP contribution in [0.1, 0.15) is 26.3 Å². The van der Waals surface area contributed by atoms with Crippen LogP contribution in [0.3, 0.4) is 0 Å². The maximum atomic E-state index is 12.5. The number of sulfonamides is 1. The molecule has 0 spiro atoms. The molecule has 0 saturated carbocycles. The molecular formula is C16H16N2O5S. The summed E-state index contributed by atoms with van der Waals surface area (Å²) in [4.78, 5) is 22.7. The average molecular weight is 348 g/mol. The van der Waals surface area contributed by atoms with Gasteiger partial charge in [0.2, 0.25) is 0 Å². The van der Waals surface area contributed by atoms with E-state index in [1.807, 2.05) is 0 Å². The van der Waals surface area contributed by atoms with Crippen molar-refractivity contribution in [1.29, 1.82) is 0 Å². The van der Waals surface area contributed by atoms with Gasteiger partial charge < -0.3 is 10.4 Å². The molecular weight excluding hydrogens is 332 g/mol. The lowest BCUT2D eigenvalue weighted by atomic mass is 10.1. The second-order valence-electron chi connectivity index (χ2n) is 5.01. The zero-order valence-corrected chi connectivity index (χ0v) is 13.8. The van der Waals surface area contributed by atoms with Gasteiger partial charge in [0.05, 0.1) is 16.1 Å². The molecule has 2 aromatic carbocycles. The summed E-state index contributed by atoms with van der Waals surface area (Å²) in [6, 6.07) is 9.79. The predicted molar refractivity (Wildman–Crippen MR) is 88.8 cm³/mol. The first-order valence-electron chi connectivity index (χ1n) is 6.94. The topological polar surface area (TPSA) is 113 Å². The van der Waals surface area contributed by atoms with E-state index < -0.39 is 16.0 Å². The summed E-state index contributed by atoms with van der Waals surface area (Å²) in [6.45, 7) is 1.61. The molecule has 0 radical (unpaired) electrons. The quantitative estimate of drug-likeness (QED) is 0.763. The van der Waals surface area contributed by atoms with Gasteiger partial charge in [-0.15, -0.1) is 0 Å². The van der Waals surface area contributed by atoms with Gasteiger partial charge >= 0.3 is 5.97 Å². The van der Waals surface area contributed by atoms with E-state index in [0.29, 0.717) is 11.1 Å². The SMILES string of the molecule is CNC(=O)c1ccc(S(=O)(=O)Nc2c(C)cccc2C(=O)O)cc1. The summed E-state index contributed by atoms with van der Waals surface area (Å²) in [5.74, 6) is -1.56. The van der Waals surface area contributed by atoms with Crippen molar-refractivity contribution in [3.63, 3.8) is 0 Å². The molecule has 24 heavy (non-hydrogen) atoms. The van der Waals surface area contributed by atoms with Crippen LogP contribution in [0.15, 0.2) is 47.4 Å². The van der Waals surface area contributed by atoms with Gasteiger partial charge in [-0.05, 0) is 42.8 Å². The molecule has 1 amide bonds. The van der Waals surface area contributed by atoms with Crippen molar-refractivity contribution in [2.75, 3.05) is 11.8 Å². The van der Waals surface area contributed by atoms with E-state index in [-0.39, 0.29) is 22.1 Å². The fourth-order valence-electron chi connectivity index (χ4n) is 2.10. The highest BCUT2D eigenvalue weighted by molar-refractivity contribution is 7.92. The molecule has 126 valence electrons. The summed E-state index contributed by atoms with van der Waals surface area (Å²) in [6.07, 6.45) is 0. The molecule has 0 unspecified atom stereocenters. The highest BCUT2D eigenvalue weighted by atomic mass is 32.2. The maximum absolute atomic E-state index is 12.5. The van der Waals surface area contributed by atoms with Crippen molar-refractivity contribution < 1.29 is 23.1 Å². The third kappa shape index (κ3) is 3.54. The van der Waals surface area contributed by atoms with Crippen LogP contribution in [-0.4, -0.2) is 32.4 Å². The van der Waals surface area contributed by atoms with Gasteiger partial charge in [0, 0.05) is 12.6 Å². The number of para-hydroxylation sites is 1. The third-order valence-corrected chi connectivity index (χ3v) is 4.76. The Balaban J connectivity index is 2.39. The highest BCUT2D eigenvalue weighted by Gasteiger charge is 2.20. The largest absolute Gasteiger partial charge is 0.478 e. The predicted octanol–water partition coefficient (Wildman–Crippen LogP) is 1.85. The molecule has 0 atom stereocenters. The number of carbonyl (C=O) groups excluding carboxylic acids is 1. The second kappa shape index (κ2) is 6.71.